The van der Waals surface area contributed by atoms with Gasteiger partial charge in [-0.3, -0.25) is 9.69 Å². The minimum atomic E-state index is -0.230. The molecule has 1 aliphatic rings. The summed E-state index contributed by atoms with van der Waals surface area (Å²) in [6, 6.07) is -0.230. The summed E-state index contributed by atoms with van der Waals surface area (Å²) in [6.45, 7) is 1.07. The van der Waals surface area contributed by atoms with Gasteiger partial charge in [0.1, 0.15) is 12.1 Å². The number of hydrogen-bond acceptors (Lipinski definition) is 3. The molecule has 1 heterocycles. The highest BCUT2D eigenvalue weighted by molar-refractivity contribution is 5.79. The summed E-state index contributed by atoms with van der Waals surface area (Å²) < 4.78 is 0. The first-order chi connectivity index (χ1) is 5.22. The average molecular weight is 154 g/mol. The Hall–Kier alpha value is -1.21. The van der Waals surface area contributed by atoms with Gasteiger partial charge in [0.25, 0.3) is 0 Å². The van der Waals surface area contributed by atoms with Crippen LogP contribution in [-0.4, -0.2) is 42.1 Å². The van der Waals surface area contributed by atoms with Gasteiger partial charge in [-0.15, -0.1) is 0 Å². The van der Waals surface area contributed by atoms with Crippen molar-refractivity contribution in [3.8, 4) is 12.0 Å². The number of aliphatic hydroxyl groups is 1. The van der Waals surface area contributed by atoms with Crippen LogP contribution in [0.2, 0.25) is 0 Å². The summed E-state index contributed by atoms with van der Waals surface area (Å²) in [6.07, 6.45) is 1.79. The van der Waals surface area contributed by atoms with E-state index in [0.717, 1.165) is 0 Å². The number of nitrogens with one attached hydrogen (secondary N) is 1. The van der Waals surface area contributed by atoms with Crippen molar-refractivity contribution in [2.45, 2.75) is 6.04 Å². The number of aliphatic hydroxyl groups excluding tert-OH is 1. The van der Waals surface area contributed by atoms with Crippen LogP contribution in [0.3, 0.4) is 0 Å². The largest absolute Gasteiger partial charge is 0.462 e. The van der Waals surface area contributed by atoms with Gasteiger partial charge in [-0.05, 0) is 13.0 Å². The molecule has 11 heavy (non-hydrogen) atoms. The topological polar surface area (TPSA) is 52.6 Å². The van der Waals surface area contributed by atoms with Gasteiger partial charge in [0, 0.05) is 6.54 Å². The van der Waals surface area contributed by atoms with Crippen LogP contribution < -0.4 is 5.32 Å². The molecule has 1 amide bonds. The summed E-state index contributed by atoms with van der Waals surface area (Å²) in [4.78, 5) is 12.7. The SMILES string of the molecule is CN1CC(=O)N[C@@H](C#CO)C1. The maximum absolute atomic E-state index is 10.9. The fourth-order valence-electron chi connectivity index (χ4n) is 1.07. The van der Waals surface area contributed by atoms with Crippen LogP contribution in [0.15, 0.2) is 0 Å². The fraction of sp³-hybridized carbons (Fsp3) is 0.571. The maximum atomic E-state index is 10.9. The monoisotopic (exact) mass is 154 g/mol. The minimum Gasteiger partial charge on any atom is -0.462 e. The molecule has 4 heteroatoms. The van der Waals surface area contributed by atoms with Gasteiger partial charge in [-0.1, -0.05) is 0 Å². The maximum Gasteiger partial charge on any atom is 0.235 e. The van der Waals surface area contributed by atoms with Crippen molar-refractivity contribution in [2.75, 3.05) is 20.1 Å². The molecule has 60 valence electrons. The number of nitrogens with zero attached hydrogens (tertiary/aromatic N) is 1. The van der Waals surface area contributed by atoms with Gasteiger partial charge in [0.05, 0.1) is 6.54 Å². The van der Waals surface area contributed by atoms with Crippen LogP contribution in [-0.2, 0) is 4.79 Å². The number of likely N-dealkylation sites (N-methyl/N-ethyl adjacent to an activating group) is 1. The number of carbonyl (C=O) groups is 1. The molecule has 0 aliphatic carbocycles. The predicted octanol–water partition coefficient (Wildman–Crippen LogP) is -1.25. The third kappa shape index (κ3) is 2.13. The van der Waals surface area contributed by atoms with Crippen LogP contribution in [0.4, 0.5) is 0 Å². The lowest BCUT2D eigenvalue weighted by atomic mass is 10.2. The molecule has 1 saturated heterocycles. The highest BCUT2D eigenvalue weighted by Crippen LogP contribution is 1.94. The Bertz CT molecular complexity index is 216. The highest BCUT2D eigenvalue weighted by atomic mass is 16.2. The van der Waals surface area contributed by atoms with E-state index in [9.17, 15) is 4.79 Å². The van der Waals surface area contributed by atoms with Crippen LogP contribution in [0, 0.1) is 12.0 Å². The lowest BCUT2D eigenvalue weighted by molar-refractivity contribution is -0.124. The Labute approximate surface area is 65.2 Å². The average Bonchev–Trinajstić information content (AvgIpc) is 1.85. The molecule has 1 atom stereocenters. The van der Waals surface area contributed by atoms with Gasteiger partial charge < -0.3 is 10.4 Å². The van der Waals surface area contributed by atoms with Crippen molar-refractivity contribution >= 4 is 5.91 Å². The van der Waals surface area contributed by atoms with Crippen LogP contribution in [0.1, 0.15) is 0 Å². The van der Waals surface area contributed by atoms with Crippen molar-refractivity contribution < 1.29 is 9.90 Å². The zero-order chi connectivity index (χ0) is 8.27. The van der Waals surface area contributed by atoms with Crippen molar-refractivity contribution in [3.05, 3.63) is 0 Å². The Kier molecular flexibility index (Phi) is 2.34. The lowest BCUT2D eigenvalue weighted by Crippen LogP contribution is -2.52. The molecule has 0 radical (unpaired) electrons. The fourth-order valence-corrected chi connectivity index (χ4v) is 1.07. The third-order valence-electron chi connectivity index (χ3n) is 1.48. The molecular formula is C7H10N2O2. The molecule has 0 aromatic rings. The van der Waals surface area contributed by atoms with E-state index in [-0.39, 0.29) is 11.9 Å². The van der Waals surface area contributed by atoms with E-state index in [2.05, 4.69) is 11.2 Å². The summed E-state index contributed by atoms with van der Waals surface area (Å²) in [5, 5.41) is 10.9. The van der Waals surface area contributed by atoms with Gasteiger partial charge in [0.2, 0.25) is 5.91 Å². The van der Waals surface area contributed by atoms with Crippen molar-refractivity contribution in [1.29, 1.82) is 0 Å². The van der Waals surface area contributed by atoms with Crippen LogP contribution >= 0.6 is 0 Å². The van der Waals surface area contributed by atoms with Gasteiger partial charge in [-0.2, -0.15) is 0 Å². The van der Waals surface area contributed by atoms with Crippen LogP contribution in [0.5, 0.6) is 0 Å². The third-order valence-corrected chi connectivity index (χ3v) is 1.48. The molecule has 0 bridgehead atoms. The number of piperazine rings is 1. The normalized spacial score (nSPS) is 25.2. The number of amides is 1. The summed E-state index contributed by atoms with van der Waals surface area (Å²) in [7, 11) is 1.84. The van der Waals surface area contributed by atoms with Crippen molar-refractivity contribution in [1.82, 2.24) is 10.2 Å². The second-order valence-electron chi connectivity index (χ2n) is 2.57. The second kappa shape index (κ2) is 3.26. The van der Waals surface area contributed by atoms with E-state index in [1.165, 1.54) is 0 Å². The minimum absolute atomic E-state index is 0.0495. The Balaban J connectivity index is 2.54. The van der Waals surface area contributed by atoms with E-state index in [1.54, 1.807) is 6.11 Å². The quantitative estimate of drug-likeness (QED) is 0.429. The zero-order valence-corrected chi connectivity index (χ0v) is 6.29. The molecule has 0 aromatic carbocycles. The van der Waals surface area contributed by atoms with E-state index in [1.807, 2.05) is 11.9 Å². The van der Waals surface area contributed by atoms with Gasteiger partial charge in [0.15, 0.2) is 0 Å². The molecule has 0 spiro atoms. The molecule has 4 nitrogen and oxygen atoms in total. The Morgan fingerprint density at radius 3 is 3.09 bits per heavy atom. The van der Waals surface area contributed by atoms with E-state index >= 15 is 0 Å². The Morgan fingerprint density at radius 1 is 1.82 bits per heavy atom. The molecule has 0 unspecified atom stereocenters. The number of carbonyl (C=O) groups excluding carboxylic acids is 1. The second-order valence-corrected chi connectivity index (χ2v) is 2.57. The van der Waals surface area contributed by atoms with Crippen molar-refractivity contribution in [3.63, 3.8) is 0 Å². The molecule has 1 rings (SSSR count). The smallest absolute Gasteiger partial charge is 0.235 e. The van der Waals surface area contributed by atoms with Gasteiger partial charge >= 0.3 is 0 Å². The summed E-state index contributed by atoms with van der Waals surface area (Å²) in [5.74, 6) is 2.43. The van der Waals surface area contributed by atoms with E-state index in [0.29, 0.717) is 13.1 Å². The molecule has 2 N–H and O–H groups in total. The van der Waals surface area contributed by atoms with Gasteiger partial charge in [-0.25, -0.2) is 0 Å². The first kappa shape index (κ1) is 7.89. The first-order valence-corrected chi connectivity index (χ1v) is 3.35. The molecule has 1 aliphatic heterocycles. The highest BCUT2D eigenvalue weighted by Gasteiger charge is 2.19. The van der Waals surface area contributed by atoms with E-state index < -0.39 is 0 Å². The Morgan fingerprint density at radius 2 is 2.55 bits per heavy atom. The first-order valence-electron chi connectivity index (χ1n) is 3.35. The van der Waals surface area contributed by atoms with Crippen LogP contribution in [0.25, 0.3) is 0 Å². The van der Waals surface area contributed by atoms with E-state index in [4.69, 9.17) is 5.11 Å². The standard InChI is InChI=1S/C7H10N2O2/c1-9-4-6(2-3-10)8-7(11)5-9/h6,10H,4-5H2,1H3,(H,8,11)/t6-/m0/s1. The number of hydrogen-bond donors (Lipinski definition) is 2. The molecular weight excluding hydrogens is 144 g/mol. The van der Waals surface area contributed by atoms with Crippen molar-refractivity contribution in [2.24, 2.45) is 0 Å². The summed E-state index contributed by atoms with van der Waals surface area (Å²) in [5.41, 5.74) is 0. The predicted molar refractivity (Wildman–Crippen MR) is 39.1 cm³/mol. The molecule has 0 aromatic heterocycles. The number of rotatable bonds is 0. The lowest BCUT2D eigenvalue weighted by Gasteiger charge is -2.26. The molecule has 0 saturated carbocycles. The molecule has 1 fully saturated rings. The zero-order valence-electron chi connectivity index (χ0n) is 6.29. The summed E-state index contributed by atoms with van der Waals surface area (Å²) >= 11 is 0.